The van der Waals surface area contributed by atoms with Crippen LogP contribution in [0.4, 0.5) is 0 Å². The van der Waals surface area contributed by atoms with Gasteiger partial charge < -0.3 is 5.11 Å². The van der Waals surface area contributed by atoms with Gasteiger partial charge in [0.1, 0.15) is 5.75 Å². The normalized spacial score (nSPS) is 10.6. The first-order valence-electron chi connectivity index (χ1n) is 3.15. The van der Waals surface area contributed by atoms with Crippen molar-refractivity contribution in [2.45, 2.75) is 6.92 Å². The van der Waals surface area contributed by atoms with E-state index in [1.807, 2.05) is 6.92 Å². The van der Waals surface area contributed by atoms with Crippen LogP contribution in [0.3, 0.4) is 0 Å². The SMILES string of the molecule is Cc1cc(O)cn2nnnc12. The zero-order chi connectivity index (χ0) is 7.84. The molecule has 0 aliphatic rings. The second-order valence-electron chi connectivity index (χ2n) is 2.33. The molecule has 2 aromatic rings. The molecule has 0 fully saturated rings. The van der Waals surface area contributed by atoms with E-state index in [2.05, 4.69) is 15.5 Å². The fourth-order valence-corrected chi connectivity index (χ4v) is 0.989. The summed E-state index contributed by atoms with van der Waals surface area (Å²) >= 11 is 0. The number of pyridine rings is 1. The van der Waals surface area contributed by atoms with Crippen LogP contribution in [0.5, 0.6) is 5.75 Å². The summed E-state index contributed by atoms with van der Waals surface area (Å²) in [6.45, 7) is 1.84. The van der Waals surface area contributed by atoms with Crippen molar-refractivity contribution < 1.29 is 5.11 Å². The highest BCUT2D eigenvalue weighted by Crippen LogP contribution is 2.12. The molecule has 0 aromatic carbocycles. The van der Waals surface area contributed by atoms with Crippen LogP contribution in [-0.2, 0) is 0 Å². The maximum Gasteiger partial charge on any atom is 0.182 e. The number of fused-ring (bicyclic) bond motifs is 1. The van der Waals surface area contributed by atoms with E-state index in [1.54, 1.807) is 6.07 Å². The van der Waals surface area contributed by atoms with Crippen molar-refractivity contribution >= 4 is 5.65 Å². The Bertz CT molecular complexity index is 394. The first kappa shape index (κ1) is 6.09. The summed E-state index contributed by atoms with van der Waals surface area (Å²) in [5.41, 5.74) is 1.53. The minimum absolute atomic E-state index is 0.169. The lowest BCUT2D eigenvalue weighted by molar-refractivity contribution is 0.470. The Kier molecular flexibility index (Phi) is 1.06. The van der Waals surface area contributed by atoms with E-state index < -0.39 is 0 Å². The summed E-state index contributed by atoms with van der Waals surface area (Å²) in [7, 11) is 0. The Labute approximate surface area is 62.3 Å². The standard InChI is InChI=1S/C6H6N4O/c1-4-2-5(11)3-10-6(4)7-8-9-10/h2-3,11H,1H3. The fraction of sp³-hybridized carbons (Fsp3) is 0.167. The molecule has 0 saturated carbocycles. The molecular formula is C6H6N4O. The third-order valence-electron chi connectivity index (χ3n) is 1.46. The molecule has 0 aliphatic heterocycles. The molecule has 5 heteroatoms. The Morgan fingerprint density at radius 3 is 3.18 bits per heavy atom. The lowest BCUT2D eigenvalue weighted by atomic mass is 10.3. The Balaban J connectivity index is 2.91. The summed E-state index contributed by atoms with van der Waals surface area (Å²) in [6, 6.07) is 1.62. The largest absolute Gasteiger partial charge is 0.506 e. The summed E-state index contributed by atoms with van der Waals surface area (Å²) in [6.07, 6.45) is 1.46. The smallest absolute Gasteiger partial charge is 0.182 e. The molecule has 0 atom stereocenters. The highest BCUT2D eigenvalue weighted by molar-refractivity contribution is 5.47. The lowest BCUT2D eigenvalue weighted by Gasteiger charge is -1.95. The van der Waals surface area contributed by atoms with Crippen LogP contribution in [0.15, 0.2) is 12.3 Å². The summed E-state index contributed by atoms with van der Waals surface area (Å²) in [5, 5.41) is 20.0. The fourth-order valence-electron chi connectivity index (χ4n) is 0.989. The number of hydrogen-bond donors (Lipinski definition) is 1. The highest BCUT2D eigenvalue weighted by atomic mass is 16.3. The van der Waals surface area contributed by atoms with Gasteiger partial charge in [0.25, 0.3) is 0 Å². The number of tetrazole rings is 1. The van der Waals surface area contributed by atoms with Crippen LogP contribution in [0.2, 0.25) is 0 Å². The van der Waals surface area contributed by atoms with Crippen LogP contribution in [0.25, 0.3) is 5.65 Å². The van der Waals surface area contributed by atoms with E-state index >= 15 is 0 Å². The molecular weight excluding hydrogens is 144 g/mol. The number of aryl methyl sites for hydroxylation is 1. The second kappa shape index (κ2) is 1.91. The van der Waals surface area contributed by atoms with Crippen molar-refractivity contribution in [2.75, 3.05) is 0 Å². The predicted molar refractivity (Wildman–Crippen MR) is 37.2 cm³/mol. The van der Waals surface area contributed by atoms with Crippen molar-refractivity contribution in [1.29, 1.82) is 0 Å². The molecule has 0 radical (unpaired) electrons. The average molecular weight is 150 g/mol. The zero-order valence-corrected chi connectivity index (χ0v) is 5.89. The van der Waals surface area contributed by atoms with E-state index in [0.717, 1.165) is 5.56 Å². The molecule has 0 saturated heterocycles. The van der Waals surface area contributed by atoms with Gasteiger partial charge in [-0.05, 0) is 29.0 Å². The first-order chi connectivity index (χ1) is 5.27. The lowest BCUT2D eigenvalue weighted by Crippen LogP contribution is -1.88. The molecule has 0 spiro atoms. The molecule has 2 rings (SSSR count). The maximum absolute atomic E-state index is 9.11. The molecule has 11 heavy (non-hydrogen) atoms. The van der Waals surface area contributed by atoms with Crippen molar-refractivity contribution in [3.8, 4) is 5.75 Å². The van der Waals surface area contributed by atoms with Gasteiger partial charge in [0.05, 0.1) is 6.20 Å². The Morgan fingerprint density at radius 2 is 2.36 bits per heavy atom. The molecule has 1 N–H and O–H groups in total. The van der Waals surface area contributed by atoms with Gasteiger partial charge in [-0.2, -0.15) is 4.52 Å². The van der Waals surface area contributed by atoms with Gasteiger partial charge in [0.2, 0.25) is 0 Å². The van der Waals surface area contributed by atoms with E-state index in [0.29, 0.717) is 5.65 Å². The van der Waals surface area contributed by atoms with Gasteiger partial charge >= 0.3 is 0 Å². The van der Waals surface area contributed by atoms with E-state index in [-0.39, 0.29) is 5.75 Å². The van der Waals surface area contributed by atoms with Crippen LogP contribution >= 0.6 is 0 Å². The van der Waals surface area contributed by atoms with Crippen molar-refractivity contribution in [2.24, 2.45) is 0 Å². The molecule has 0 unspecified atom stereocenters. The van der Waals surface area contributed by atoms with Crippen molar-refractivity contribution in [1.82, 2.24) is 20.0 Å². The number of aromatic hydroxyl groups is 1. The molecule has 56 valence electrons. The van der Waals surface area contributed by atoms with Gasteiger partial charge in [0, 0.05) is 0 Å². The monoisotopic (exact) mass is 150 g/mol. The third-order valence-corrected chi connectivity index (χ3v) is 1.46. The predicted octanol–water partition coefficient (Wildman–Crippen LogP) is 0.138. The van der Waals surface area contributed by atoms with E-state index in [9.17, 15) is 0 Å². The van der Waals surface area contributed by atoms with Gasteiger partial charge in [0.15, 0.2) is 5.65 Å². The molecule has 0 aliphatic carbocycles. The maximum atomic E-state index is 9.11. The van der Waals surface area contributed by atoms with Crippen LogP contribution < -0.4 is 0 Å². The van der Waals surface area contributed by atoms with Crippen molar-refractivity contribution in [3.63, 3.8) is 0 Å². The van der Waals surface area contributed by atoms with Gasteiger partial charge in [-0.25, -0.2) is 0 Å². The molecule has 0 amide bonds. The topological polar surface area (TPSA) is 63.3 Å². The number of aromatic nitrogens is 4. The Morgan fingerprint density at radius 1 is 1.55 bits per heavy atom. The van der Waals surface area contributed by atoms with Crippen molar-refractivity contribution in [3.05, 3.63) is 17.8 Å². The van der Waals surface area contributed by atoms with Gasteiger partial charge in [-0.15, -0.1) is 5.10 Å². The van der Waals surface area contributed by atoms with Crippen LogP contribution in [-0.4, -0.2) is 25.1 Å². The third kappa shape index (κ3) is 0.813. The van der Waals surface area contributed by atoms with Crippen LogP contribution in [0, 0.1) is 6.92 Å². The highest BCUT2D eigenvalue weighted by Gasteiger charge is 2.01. The summed E-state index contributed by atoms with van der Waals surface area (Å²) in [4.78, 5) is 0. The summed E-state index contributed by atoms with van der Waals surface area (Å²) in [5.74, 6) is 0.169. The van der Waals surface area contributed by atoms with E-state index in [1.165, 1.54) is 10.7 Å². The van der Waals surface area contributed by atoms with E-state index in [4.69, 9.17) is 5.11 Å². The Hall–Kier alpha value is -1.65. The number of nitrogens with zero attached hydrogens (tertiary/aromatic N) is 4. The van der Waals surface area contributed by atoms with Gasteiger partial charge in [-0.3, -0.25) is 0 Å². The quantitative estimate of drug-likeness (QED) is 0.580. The number of hydrogen-bond acceptors (Lipinski definition) is 4. The first-order valence-corrected chi connectivity index (χ1v) is 3.15. The van der Waals surface area contributed by atoms with Crippen LogP contribution in [0.1, 0.15) is 5.56 Å². The molecule has 5 nitrogen and oxygen atoms in total. The number of rotatable bonds is 0. The zero-order valence-electron chi connectivity index (χ0n) is 5.89. The minimum atomic E-state index is 0.169. The van der Waals surface area contributed by atoms with Gasteiger partial charge in [-0.1, -0.05) is 0 Å². The molecule has 2 heterocycles. The minimum Gasteiger partial charge on any atom is -0.506 e. The molecule has 0 bridgehead atoms. The average Bonchev–Trinajstić information content (AvgIpc) is 2.34. The second-order valence-corrected chi connectivity index (χ2v) is 2.33. The summed E-state index contributed by atoms with van der Waals surface area (Å²) < 4.78 is 1.44. The molecule has 2 aromatic heterocycles.